The number of nitriles is 1. The third-order valence-electron chi connectivity index (χ3n) is 3.98. The molecule has 0 saturated heterocycles. The number of benzene rings is 2. The first kappa shape index (κ1) is 21.8. The Balaban J connectivity index is 1.79. The molecule has 2 aromatic carbocycles. The molecule has 1 heterocycles. The zero-order valence-corrected chi connectivity index (χ0v) is 17.2. The van der Waals surface area contributed by atoms with Gasteiger partial charge in [0.2, 0.25) is 5.82 Å². The number of esters is 1. The summed E-state index contributed by atoms with van der Waals surface area (Å²) >= 11 is 0. The predicted octanol–water partition coefficient (Wildman–Crippen LogP) is 4.14. The smallest absolute Gasteiger partial charge is 0.344 e. The molecule has 0 aliphatic rings. The van der Waals surface area contributed by atoms with Crippen molar-refractivity contribution in [3.05, 3.63) is 47.8 Å². The van der Waals surface area contributed by atoms with Crippen molar-refractivity contribution in [3.63, 3.8) is 0 Å². The highest BCUT2D eigenvalue weighted by molar-refractivity contribution is 5.71. The van der Waals surface area contributed by atoms with E-state index in [9.17, 15) is 14.4 Å². The molecule has 8 nitrogen and oxygen atoms in total. The minimum Gasteiger partial charge on any atom is -0.490 e. The fourth-order valence-corrected chi connectivity index (χ4v) is 2.67. The fourth-order valence-electron chi connectivity index (χ4n) is 2.67. The number of rotatable bonds is 8. The zero-order valence-electron chi connectivity index (χ0n) is 17.2. The van der Waals surface area contributed by atoms with Crippen LogP contribution in [0.15, 0.2) is 40.9 Å². The molecule has 0 saturated carbocycles. The predicted molar refractivity (Wildman–Crippen MR) is 108 cm³/mol. The van der Waals surface area contributed by atoms with Gasteiger partial charge in [-0.3, -0.25) is 0 Å². The lowest BCUT2D eigenvalue weighted by atomic mass is 10.1. The van der Waals surface area contributed by atoms with Gasteiger partial charge in [0, 0.05) is 11.6 Å². The monoisotopic (exact) mass is 425 g/mol. The van der Waals surface area contributed by atoms with Gasteiger partial charge in [-0.15, -0.1) is 0 Å². The summed E-state index contributed by atoms with van der Waals surface area (Å²) in [6, 6.07) is 11.0. The van der Waals surface area contributed by atoms with Gasteiger partial charge in [0.1, 0.15) is 23.4 Å². The number of hydrogen-bond donors (Lipinski definition) is 0. The minimum absolute atomic E-state index is 0.0328. The van der Waals surface area contributed by atoms with Crippen LogP contribution in [0.4, 0.5) is 4.39 Å². The fraction of sp³-hybridized carbons (Fsp3) is 0.273. The van der Waals surface area contributed by atoms with Gasteiger partial charge in [-0.2, -0.15) is 10.2 Å². The summed E-state index contributed by atoms with van der Waals surface area (Å²) in [6.45, 7) is 5.32. The van der Waals surface area contributed by atoms with E-state index in [1.807, 2.05) is 13.8 Å². The number of nitrogens with zero attached hydrogens (tertiary/aromatic N) is 3. The Hall–Kier alpha value is -3.93. The van der Waals surface area contributed by atoms with Crippen molar-refractivity contribution < 1.29 is 27.9 Å². The molecular weight excluding hydrogens is 405 g/mol. The highest BCUT2D eigenvalue weighted by Gasteiger charge is 2.17. The van der Waals surface area contributed by atoms with Crippen LogP contribution in [0.1, 0.15) is 26.3 Å². The molecule has 9 heteroatoms. The Labute approximate surface area is 178 Å². The minimum atomic E-state index is -0.646. The largest absolute Gasteiger partial charge is 0.490 e. The second-order valence-electron chi connectivity index (χ2n) is 6.65. The topological polar surface area (TPSA) is 107 Å². The Morgan fingerprint density at radius 3 is 2.74 bits per heavy atom. The van der Waals surface area contributed by atoms with Gasteiger partial charge in [-0.1, -0.05) is 5.16 Å². The summed E-state index contributed by atoms with van der Waals surface area (Å²) in [5.41, 5.74) is 0.917. The molecule has 0 radical (unpaired) electrons. The number of carbonyl (C=O) groups is 1. The van der Waals surface area contributed by atoms with Crippen molar-refractivity contribution in [3.8, 4) is 40.4 Å². The molecule has 160 valence electrons. The van der Waals surface area contributed by atoms with Crippen molar-refractivity contribution in [2.75, 3.05) is 13.2 Å². The number of hydrogen-bond acceptors (Lipinski definition) is 8. The number of halogens is 1. The summed E-state index contributed by atoms with van der Waals surface area (Å²) in [4.78, 5) is 15.6. The standard InChI is InChI=1S/C22H20FN3O5/c1-4-28-20(27)12-29-16-6-7-17(18(23)10-16)21-25-22(31-26-21)14-5-8-19(30-13(2)3)15(9-14)11-24/h5-10,13H,4,12H2,1-3H3. The van der Waals surface area contributed by atoms with Crippen molar-refractivity contribution in [2.24, 2.45) is 0 Å². The molecule has 1 aromatic heterocycles. The Kier molecular flexibility index (Phi) is 6.82. The van der Waals surface area contributed by atoms with Gasteiger partial charge < -0.3 is 18.7 Å². The van der Waals surface area contributed by atoms with Crippen LogP contribution in [-0.2, 0) is 9.53 Å². The van der Waals surface area contributed by atoms with E-state index in [0.717, 1.165) is 6.07 Å². The summed E-state index contributed by atoms with van der Waals surface area (Å²) < 4.78 is 35.3. The lowest BCUT2D eigenvalue weighted by Crippen LogP contribution is -2.14. The van der Waals surface area contributed by atoms with Crippen LogP contribution in [0.2, 0.25) is 0 Å². The van der Waals surface area contributed by atoms with Crippen LogP contribution in [0.5, 0.6) is 11.5 Å². The van der Waals surface area contributed by atoms with Crippen molar-refractivity contribution in [1.82, 2.24) is 10.1 Å². The quantitative estimate of drug-likeness (QED) is 0.496. The van der Waals surface area contributed by atoms with E-state index in [2.05, 4.69) is 16.2 Å². The SMILES string of the molecule is CCOC(=O)COc1ccc(-c2noc(-c3ccc(OC(C)C)c(C#N)c3)n2)c(F)c1. The molecule has 0 unspecified atom stereocenters. The van der Waals surface area contributed by atoms with Gasteiger partial charge in [0.15, 0.2) is 6.61 Å². The van der Waals surface area contributed by atoms with Crippen molar-refractivity contribution in [2.45, 2.75) is 26.9 Å². The van der Waals surface area contributed by atoms with Gasteiger partial charge in [0.05, 0.1) is 23.8 Å². The molecule has 0 spiro atoms. The van der Waals surface area contributed by atoms with Crippen molar-refractivity contribution in [1.29, 1.82) is 5.26 Å². The molecule has 31 heavy (non-hydrogen) atoms. The maximum Gasteiger partial charge on any atom is 0.344 e. The average Bonchev–Trinajstić information content (AvgIpc) is 3.22. The highest BCUT2D eigenvalue weighted by Crippen LogP contribution is 2.29. The molecule has 0 atom stereocenters. The first-order chi connectivity index (χ1) is 14.9. The summed E-state index contributed by atoms with van der Waals surface area (Å²) in [5.74, 6) is -0.415. The van der Waals surface area contributed by atoms with Gasteiger partial charge >= 0.3 is 5.97 Å². The van der Waals surface area contributed by atoms with Gasteiger partial charge in [-0.25, -0.2) is 9.18 Å². The molecule has 0 aliphatic heterocycles. The van der Waals surface area contributed by atoms with E-state index < -0.39 is 11.8 Å². The average molecular weight is 425 g/mol. The molecule has 0 fully saturated rings. The van der Waals surface area contributed by atoms with Crippen LogP contribution in [-0.4, -0.2) is 35.4 Å². The Morgan fingerprint density at radius 2 is 2.06 bits per heavy atom. The van der Waals surface area contributed by atoms with Crippen LogP contribution in [0.25, 0.3) is 22.8 Å². The molecule has 3 aromatic rings. The number of ether oxygens (including phenoxy) is 3. The molecule has 0 aliphatic carbocycles. The summed E-state index contributed by atoms with van der Waals surface area (Å²) in [6.07, 6.45) is -0.0832. The van der Waals surface area contributed by atoms with Crippen LogP contribution >= 0.6 is 0 Å². The van der Waals surface area contributed by atoms with Gasteiger partial charge in [0.25, 0.3) is 5.89 Å². The molecule has 3 rings (SSSR count). The van der Waals surface area contributed by atoms with E-state index >= 15 is 0 Å². The third kappa shape index (κ3) is 5.36. The van der Waals surface area contributed by atoms with Crippen LogP contribution < -0.4 is 9.47 Å². The first-order valence-electron chi connectivity index (χ1n) is 9.54. The molecule has 0 amide bonds. The zero-order chi connectivity index (χ0) is 22.4. The van der Waals surface area contributed by atoms with E-state index in [1.54, 1.807) is 25.1 Å². The van der Waals surface area contributed by atoms with Crippen LogP contribution in [0.3, 0.4) is 0 Å². The maximum absolute atomic E-state index is 14.5. The lowest BCUT2D eigenvalue weighted by molar-refractivity contribution is -0.145. The molecule has 0 bridgehead atoms. The number of carbonyl (C=O) groups excluding carboxylic acids is 1. The van der Waals surface area contributed by atoms with E-state index in [-0.39, 0.29) is 42.3 Å². The van der Waals surface area contributed by atoms with Crippen LogP contribution in [0, 0.1) is 17.1 Å². The Bertz CT molecular complexity index is 1120. The second-order valence-corrected chi connectivity index (χ2v) is 6.65. The summed E-state index contributed by atoms with van der Waals surface area (Å²) in [7, 11) is 0. The summed E-state index contributed by atoms with van der Waals surface area (Å²) in [5, 5.41) is 13.2. The van der Waals surface area contributed by atoms with Gasteiger partial charge in [-0.05, 0) is 51.1 Å². The Morgan fingerprint density at radius 1 is 1.26 bits per heavy atom. The highest BCUT2D eigenvalue weighted by atomic mass is 19.1. The van der Waals surface area contributed by atoms with Crippen molar-refractivity contribution >= 4 is 5.97 Å². The molecule has 0 N–H and O–H groups in total. The normalized spacial score (nSPS) is 10.6. The van der Waals surface area contributed by atoms with E-state index in [0.29, 0.717) is 16.9 Å². The molecular formula is C22H20FN3O5. The maximum atomic E-state index is 14.5. The lowest BCUT2D eigenvalue weighted by Gasteiger charge is -2.11. The second kappa shape index (κ2) is 9.71. The number of aromatic nitrogens is 2. The third-order valence-corrected chi connectivity index (χ3v) is 3.98. The van der Waals surface area contributed by atoms with E-state index in [4.69, 9.17) is 18.7 Å². The van der Waals surface area contributed by atoms with E-state index in [1.165, 1.54) is 12.1 Å². The first-order valence-corrected chi connectivity index (χ1v) is 9.54.